The molecule has 66 heavy (non-hydrogen) atoms. The molecule has 0 aliphatic carbocycles. The molecule has 2 unspecified atom stereocenters. The number of unbranched alkanes of at least 4 members (excludes halogenated alkanes) is 7. The Morgan fingerprint density at radius 3 is 1.61 bits per heavy atom. The lowest BCUT2D eigenvalue weighted by atomic mass is 9.99. The van der Waals surface area contributed by atoms with E-state index in [9.17, 15) is 38.4 Å². The molecule has 16 nitrogen and oxygen atoms in total. The third-order valence-corrected chi connectivity index (χ3v) is 15.2. The van der Waals surface area contributed by atoms with E-state index < -0.39 is 57.4 Å². The minimum absolute atomic E-state index is 0.199. The molecule has 2 saturated heterocycles. The molecular formula is C48H86N4O12S2. The van der Waals surface area contributed by atoms with E-state index in [1.54, 1.807) is 12.1 Å². The van der Waals surface area contributed by atoms with Crippen LogP contribution in [0.25, 0.3) is 0 Å². The van der Waals surface area contributed by atoms with E-state index in [0.717, 1.165) is 113 Å². The Hall–Kier alpha value is -1.94. The number of esters is 2. The SMILES string of the molecule is Cc1ccc(S(=O)(=O)SCCCN2CCCN(CC(=O)OC(C)(C)C)CCN(CCCCCCCCCCO[C@@H]3OC(CO)[C@@H](O)[C@H](O)C3O)CCCN(CC(=O)OC(C)(C)C)CC2)cc1. The van der Waals surface area contributed by atoms with Crippen LogP contribution < -0.4 is 0 Å². The van der Waals surface area contributed by atoms with Crippen LogP contribution in [0.1, 0.15) is 118 Å². The van der Waals surface area contributed by atoms with E-state index >= 15 is 0 Å². The molecule has 4 N–H and O–H groups in total. The van der Waals surface area contributed by atoms with Gasteiger partial charge in [-0.15, -0.1) is 0 Å². The van der Waals surface area contributed by atoms with Gasteiger partial charge in [0.1, 0.15) is 35.6 Å². The molecule has 2 fully saturated rings. The number of carbonyl (C=O) groups is 2. The minimum atomic E-state index is -3.46. The molecule has 0 spiro atoms. The molecule has 2 heterocycles. The minimum Gasteiger partial charge on any atom is -0.459 e. The molecule has 1 aromatic rings. The smallest absolute Gasteiger partial charge is 0.320 e. The van der Waals surface area contributed by atoms with Crippen LogP contribution in [0.5, 0.6) is 0 Å². The number of hydrogen-bond acceptors (Lipinski definition) is 17. The van der Waals surface area contributed by atoms with Crippen molar-refractivity contribution < 1.29 is 57.4 Å². The molecule has 1 aromatic carbocycles. The Labute approximate surface area is 400 Å². The maximum Gasteiger partial charge on any atom is 0.320 e. The monoisotopic (exact) mass is 975 g/mol. The first-order chi connectivity index (χ1) is 31.2. The van der Waals surface area contributed by atoms with E-state index in [4.69, 9.17) is 18.9 Å². The second-order valence-electron chi connectivity index (χ2n) is 20.0. The third kappa shape index (κ3) is 24.1. The molecule has 0 amide bonds. The van der Waals surface area contributed by atoms with Crippen molar-refractivity contribution in [2.75, 3.05) is 97.5 Å². The predicted molar refractivity (Wildman–Crippen MR) is 259 cm³/mol. The number of aliphatic hydroxyl groups is 4. The maximum absolute atomic E-state index is 13.1. The number of rotatable bonds is 23. The van der Waals surface area contributed by atoms with Crippen LogP contribution in [0.15, 0.2) is 29.2 Å². The first kappa shape index (κ1) is 58.4. The van der Waals surface area contributed by atoms with Crippen molar-refractivity contribution in [3.05, 3.63) is 29.8 Å². The van der Waals surface area contributed by atoms with Gasteiger partial charge in [-0.2, -0.15) is 0 Å². The zero-order valence-corrected chi connectivity index (χ0v) is 42.9. The number of aliphatic hydroxyl groups excluding tert-OH is 4. The highest BCUT2D eigenvalue weighted by molar-refractivity contribution is 8.72. The molecule has 5 atom stereocenters. The molecule has 0 saturated carbocycles. The first-order valence-electron chi connectivity index (χ1n) is 24.4. The molecule has 0 aromatic heterocycles. The van der Waals surface area contributed by atoms with Gasteiger partial charge in [-0.1, -0.05) is 56.2 Å². The zero-order valence-electron chi connectivity index (χ0n) is 41.2. The maximum atomic E-state index is 13.1. The summed E-state index contributed by atoms with van der Waals surface area (Å²) in [6, 6.07) is 6.96. The Morgan fingerprint density at radius 1 is 0.652 bits per heavy atom. The van der Waals surface area contributed by atoms with Gasteiger partial charge in [0.2, 0.25) is 8.87 Å². The quantitative estimate of drug-likeness (QED) is 0.0682. The third-order valence-electron chi connectivity index (χ3n) is 11.6. The van der Waals surface area contributed by atoms with Crippen LogP contribution in [-0.2, 0) is 37.4 Å². The van der Waals surface area contributed by atoms with E-state index in [2.05, 4.69) is 19.6 Å². The number of hydrogen-bond donors (Lipinski definition) is 4. The largest absolute Gasteiger partial charge is 0.459 e. The van der Waals surface area contributed by atoms with Crippen LogP contribution in [0, 0.1) is 6.92 Å². The number of ether oxygens (including phenoxy) is 4. The van der Waals surface area contributed by atoms with Gasteiger partial charge in [-0.05, 0) is 130 Å². The number of carbonyl (C=O) groups excluding carboxylic acids is 2. The van der Waals surface area contributed by atoms with Gasteiger partial charge >= 0.3 is 11.9 Å². The highest BCUT2D eigenvalue weighted by atomic mass is 33.1. The summed E-state index contributed by atoms with van der Waals surface area (Å²) in [5, 5.41) is 39.5. The zero-order chi connectivity index (χ0) is 48.8. The summed E-state index contributed by atoms with van der Waals surface area (Å²) in [7, 11) is -2.48. The molecule has 2 aliphatic heterocycles. The summed E-state index contributed by atoms with van der Waals surface area (Å²) < 4.78 is 48.6. The van der Waals surface area contributed by atoms with Crippen molar-refractivity contribution in [1.29, 1.82) is 0 Å². The van der Waals surface area contributed by atoms with Crippen LogP contribution in [0.3, 0.4) is 0 Å². The van der Waals surface area contributed by atoms with Gasteiger partial charge < -0.3 is 49.2 Å². The van der Waals surface area contributed by atoms with Crippen molar-refractivity contribution in [3.8, 4) is 0 Å². The topological polar surface area (TPSA) is 199 Å². The highest BCUT2D eigenvalue weighted by Crippen LogP contribution is 2.25. The predicted octanol–water partition coefficient (Wildman–Crippen LogP) is 4.43. The Kier molecular flexibility index (Phi) is 26.5. The fraction of sp³-hybridized carbons (Fsp3) is 0.833. The molecule has 18 heteroatoms. The molecule has 0 bridgehead atoms. The average Bonchev–Trinajstić information content (AvgIpc) is 3.22. The van der Waals surface area contributed by atoms with Gasteiger partial charge in [0.25, 0.3) is 0 Å². The summed E-state index contributed by atoms with van der Waals surface area (Å²) in [4.78, 5) is 35.8. The van der Waals surface area contributed by atoms with Crippen molar-refractivity contribution >= 4 is 31.6 Å². The van der Waals surface area contributed by atoms with Gasteiger partial charge in [0.05, 0.1) is 24.6 Å². The van der Waals surface area contributed by atoms with Crippen LogP contribution >= 0.6 is 10.8 Å². The standard InChI is InChI=1S/C48H86N4O12S2/c1-38-19-21-39(22-20-38)66(59,60)65-34-18-28-50-25-17-27-51(35-41(54)63-47(2,3)4)31-29-49(24-16-26-52(32-30-50)36-42(55)64-48(5,6)7)23-14-12-10-8-9-11-13-15-33-61-46-45(58)44(57)43(56)40(37-53)62-46/h19-22,40,43-46,53,56-58H,8-18,23-37H2,1-7H3/t40?,43-,44+,45?,46-/m1/s1. The Balaban J connectivity index is 1.54. The summed E-state index contributed by atoms with van der Waals surface area (Å²) in [5.74, 6) is -0.0218. The van der Waals surface area contributed by atoms with E-state index in [0.29, 0.717) is 56.4 Å². The summed E-state index contributed by atoms with van der Waals surface area (Å²) in [6.45, 7) is 21.1. The molecule has 382 valence electrons. The fourth-order valence-corrected chi connectivity index (χ4v) is 10.9. The lowest BCUT2D eigenvalue weighted by Gasteiger charge is -2.39. The summed E-state index contributed by atoms with van der Waals surface area (Å²) >= 11 is 0. The number of aryl methyl sites for hydroxylation is 1. The van der Waals surface area contributed by atoms with Crippen LogP contribution in [-0.4, -0.2) is 200 Å². The molecule has 2 aliphatic rings. The fourth-order valence-electron chi connectivity index (χ4n) is 8.06. The lowest BCUT2D eigenvalue weighted by molar-refractivity contribution is -0.301. The van der Waals surface area contributed by atoms with Gasteiger partial charge in [-0.25, -0.2) is 8.42 Å². The summed E-state index contributed by atoms with van der Waals surface area (Å²) in [5.41, 5.74) is -0.152. The summed E-state index contributed by atoms with van der Waals surface area (Å²) in [6.07, 6.45) is 4.36. The van der Waals surface area contributed by atoms with E-state index in [1.807, 2.05) is 60.6 Å². The van der Waals surface area contributed by atoms with Gasteiger partial charge in [-0.3, -0.25) is 19.4 Å². The van der Waals surface area contributed by atoms with Crippen molar-refractivity contribution in [1.82, 2.24) is 19.6 Å². The van der Waals surface area contributed by atoms with E-state index in [-0.39, 0.29) is 25.0 Å². The average molecular weight is 975 g/mol. The number of benzene rings is 1. The first-order valence-corrected chi connectivity index (χ1v) is 27.4. The second-order valence-corrected chi connectivity index (χ2v) is 24.0. The van der Waals surface area contributed by atoms with Gasteiger partial charge in [0, 0.05) is 51.6 Å². The normalized spacial score (nSPS) is 23.3. The number of nitrogens with zero attached hydrogens (tertiary/aromatic N) is 4. The Morgan fingerprint density at radius 2 is 1.11 bits per heavy atom. The lowest BCUT2D eigenvalue weighted by Crippen LogP contribution is -2.59. The Bertz CT molecular complexity index is 1630. The van der Waals surface area contributed by atoms with E-state index in [1.165, 1.54) is 0 Å². The van der Waals surface area contributed by atoms with Crippen molar-refractivity contribution in [2.45, 2.75) is 166 Å². The van der Waals surface area contributed by atoms with Crippen molar-refractivity contribution in [2.24, 2.45) is 0 Å². The highest BCUT2D eigenvalue weighted by Gasteiger charge is 2.44. The van der Waals surface area contributed by atoms with Crippen LogP contribution in [0.2, 0.25) is 0 Å². The van der Waals surface area contributed by atoms with Crippen molar-refractivity contribution in [3.63, 3.8) is 0 Å². The second kappa shape index (κ2) is 29.9. The molecule has 0 radical (unpaired) electrons. The van der Waals surface area contributed by atoms with Gasteiger partial charge in [0.15, 0.2) is 6.29 Å². The molecular weight excluding hydrogens is 889 g/mol. The molecule has 3 rings (SSSR count). The van der Waals surface area contributed by atoms with Crippen LogP contribution in [0.4, 0.5) is 0 Å².